The van der Waals surface area contributed by atoms with Crippen LogP contribution >= 0.6 is 0 Å². The van der Waals surface area contributed by atoms with Gasteiger partial charge in [0.25, 0.3) is 5.91 Å². The van der Waals surface area contributed by atoms with Crippen LogP contribution in [0.4, 0.5) is 5.69 Å². The minimum atomic E-state index is -1.17. The zero-order valence-electron chi connectivity index (χ0n) is 17.7. The molecule has 2 bridgehead atoms. The molecule has 0 radical (unpaired) electrons. The Balaban J connectivity index is 1.79. The van der Waals surface area contributed by atoms with Crippen molar-refractivity contribution in [3.8, 4) is 12.3 Å². The highest BCUT2D eigenvalue weighted by Gasteiger charge is 2.58. The van der Waals surface area contributed by atoms with Gasteiger partial charge in [-0.2, -0.15) is 0 Å². The molecule has 2 aliphatic heterocycles. The van der Waals surface area contributed by atoms with Gasteiger partial charge >= 0.3 is 5.97 Å². The van der Waals surface area contributed by atoms with E-state index in [1.54, 1.807) is 0 Å². The number of terminal acetylenes is 1. The lowest BCUT2D eigenvalue weighted by atomic mass is 9.79. The second-order valence-electron chi connectivity index (χ2n) is 7.61. The van der Waals surface area contributed by atoms with E-state index in [2.05, 4.69) is 16.6 Å². The molecule has 3 atom stereocenters. The summed E-state index contributed by atoms with van der Waals surface area (Å²) in [6.07, 6.45) is 8.84. The number of carbonyl (C=O) groups excluding carboxylic acids is 2. The summed E-state index contributed by atoms with van der Waals surface area (Å²) in [5.74, 6) is 1.35. The molecule has 0 fully saturated rings. The van der Waals surface area contributed by atoms with Gasteiger partial charge in [-0.3, -0.25) is 4.79 Å². The molecule has 162 valence electrons. The molecule has 2 heterocycles. The number of rotatable bonds is 8. The smallest absolute Gasteiger partial charge is 0.337 e. The predicted molar refractivity (Wildman–Crippen MR) is 122 cm³/mol. The first-order chi connectivity index (χ1) is 15.6. The maximum atomic E-state index is 13.0. The zero-order chi connectivity index (χ0) is 22.6. The van der Waals surface area contributed by atoms with Crippen LogP contribution in [0.3, 0.4) is 0 Å². The van der Waals surface area contributed by atoms with Crippen molar-refractivity contribution >= 4 is 17.6 Å². The molecular formula is C26H24N2O4. The number of para-hydroxylation sites is 1. The van der Waals surface area contributed by atoms with Crippen LogP contribution in [-0.2, 0) is 25.5 Å². The second-order valence-corrected chi connectivity index (χ2v) is 7.61. The molecule has 6 heteroatoms. The quantitative estimate of drug-likeness (QED) is 0.384. The Morgan fingerprint density at radius 1 is 1.16 bits per heavy atom. The highest BCUT2D eigenvalue weighted by molar-refractivity contribution is 6.07. The number of anilines is 1. The summed E-state index contributed by atoms with van der Waals surface area (Å²) in [7, 11) is 1.30. The highest BCUT2D eigenvalue weighted by atomic mass is 16.5. The van der Waals surface area contributed by atoms with E-state index < -0.39 is 23.6 Å². The molecule has 32 heavy (non-hydrogen) atoms. The average Bonchev–Trinajstić information content (AvgIpc) is 3.41. The fourth-order valence-corrected chi connectivity index (χ4v) is 4.28. The number of fused-ring (bicyclic) bond motifs is 2. The van der Waals surface area contributed by atoms with Crippen molar-refractivity contribution < 1.29 is 19.1 Å². The summed E-state index contributed by atoms with van der Waals surface area (Å²) in [4.78, 5) is 25.9. The van der Waals surface area contributed by atoms with Crippen LogP contribution in [0.1, 0.15) is 5.56 Å². The Morgan fingerprint density at radius 3 is 2.50 bits per heavy atom. The Hall–Kier alpha value is -3.82. The van der Waals surface area contributed by atoms with Gasteiger partial charge in [0.1, 0.15) is 11.7 Å². The fourth-order valence-electron chi connectivity index (χ4n) is 4.28. The third-order valence-electron chi connectivity index (χ3n) is 5.69. The number of ether oxygens (including phenoxy) is 2. The maximum Gasteiger partial charge on any atom is 0.337 e. The third-order valence-corrected chi connectivity index (χ3v) is 5.69. The van der Waals surface area contributed by atoms with Gasteiger partial charge in [-0.15, -0.1) is 6.42 Å². The first kappa shape index (κ1) is 21.4. The van der Waals surface area contributed by atoms with Crippen LogP contribution in [0.5, 0.6) is 0 Å². The van der Waals surface area contributed by atoms with Crippen molar-refractivity contribution in [1.29, 1.82) is 0 Å². The van der Waals surface area contributed by atoms with Gasteiger partial charge in [0, 0.05) is 5.69 Å². The summed E-state index contributed by atoms with van der Waals surface area (Å²) in [5.41, 5.74) is 1.20. The topological polar surface area (TPSA) is 76.7 Å². The lowest BCUT2D eigenvalue weighted by Crippen LogP contribution is -2.49. The van der Waals surface area contributed by atoms with Gasteiger partial charge in [-0.1, -0.05) is 60.5 Å². The Morgan fingerprint density at radius 2 is 1.84 bits per heavy atom. The van der Waals surface area contributed by atoms with Gasteiger partial charge in [-0.25, -0.2) is 4.79 Å². The molecule has 2 aromatic carbocycles. The number of esters is 1. The fraction of sp³-hybridized carbons (Fsp3) is 0.231. The normalized spacial score (nSPS) is 21.7. The largest absolute Gasteiger partial charge is 0.466 e. The number of methoxy groups -OCH3 is 1. The Labute approximate surface area is 187 Å². The number of nitrogens with one attached hydrogen (secondary N) is 2. The summed E-state index contributed by atoms with van der Waals surface area (Å²) < 4.78 is 11.4. The lowest BCUT2D eigenvalue weighted by Gasteiger charge is -2.36. The standard InChI is InChI=1S/C26H24N2O4/c1-3-16-27-24(29)22-20-14-15-26(32-20,23(22)25(30)31-2)21(17-18-10-6-4-7-11-18)28-19-12-8-5-9-13-19/h1,4-15,20-21,28H,16-17H2,2H3,(H,27,29). The first-order valence-electron chi connectivity index (χ1n) is 10.4. The molecule has 4 rings (SSSR count). The lowest BCUT2D eigenvalue weighted by molar-refractivity contribution is -0.138. The summed E-state index contributed by atoms with van der Waals surface area (Å²) in [5, 5.41) is 6.17. The van der Waals surface area contributed by atoms with E-state index in [1.165, 1.54) is 7.11 Å². The summed E-state index contributed by atoms with van der Waals surface area (Å²) in [6, 6.07) is 19.2. The number of amides is 1. The predicted octanol–water partition coefficient (Wildman–Crippen LogP) is 2.64. The van der Waals surface area contributed by atoms with Crippen molar-refractivity contribution in [3.63, 3.8) is 0 Å². The van der Waals surface area contributed by atoms with E-state index in [1.807, 2.05) is 72.8 Å². The molecule has 0 saturated carbocycles. The zero-order valence-corrected chi connectivity index (χ0v) is 17.7. The third kappa shape index (κ3) is 3.91. The number of carbonyl (C=O) groups is 2. The molecule has 0 aromatic heterocycles. The van der Waals surface area contributed by atoms with Gasteiger partial charge in [0.05, 0.1) is 30.8 Å². The Kier molecular flexibility index (Phi) is 6.11. The summed E-state index contributed by atoms with van der Waals surface area (Å²) in [6.45, 7) is 0.0515. The minimum absolute atomic E-state index is 0.0515. The molecule has 0 saturated heterocycles. The van der Waals surface area contributed by atoms with E-state index in [-0.39, 0.29) is 23.7 Å². The van der Waals surface area contributed by atoms with E-state index in [9.17, 15) is 9.59 Å². The van der Waals surface area contributed by atoms with Gasteiger partial charge in [0.15, 0.2) is 0 Å². The summed E-state index contributed by atoms with van der Waals surface area (Å²) >= 11 is 0. The van der Waals surface area contributed by atoms with Crippen molar-refractivity contribution in [2.45, 2.75) is 24.2 Å². The molecule has 2 aromatic rings. The van der Waals surface area contributed by atoms with Crippen LogP contribution in [0, 0.1) is 12.3 Å². The maximum absolute atomic E-state index is 13.0. The van der Waals surface area contributed by atoms with E-state index >= 15 is 0 Å². The average molecular weight is 428 g/mol. The number of hydrogen-bond donors (Lipinski definition) is 2. The van der Waals surface area contributed by atoms with E-state index in [0.717, 1.165) is 11.3 Å². The van der Waals surface area contributed by atoms with Crippen LogP contribution < -0.4 is 10.6 Å². The van der Waals surface area contributed by atoms with Crippen molar-refractivity contribution in [3.05, 3.63) is 89.5 Å². The van der Waals surface area contributed by atoms with Crippen LogP contribution in [0.15, 0.2) is 84.0 Å². The van der Waals surface area contributed by atoms with Gasteiger partial charge in [0.2, 0.25) is 0 Å². The van der Waals surface area contributed by atoms with Crippen molar-refractivity contribution in [2.75, 3.05) is 19.0 Å². The van der Waals surface area contributed by atoms with Gasteiger partial charge < -0.3 is 20.1 Å². The molecular weight excluding hydrogens is 404 g/mol. The number of benzene rings is 2. The van der Waals surface area contributed by atoms with E-state index in [0.29, 0.717) is 6.42 Å². The minimum Gasteiger partial charge on any atom is -0.466 e. The highest BCUT2D eigenvalue weighted by Crippen LogP contribution is 2.47. The molecule has 2 N–H and O–H groups in total. The van der Waals surface area contributed by atoms with Crippen LogP contribution in [-0.4, -0.2) is 43.3 Å². The number of hydrogen-bond acceptors (Lipinski definition) is 5. The van der Waals surface area contributed by atoms with Crippen molar-refractivity contribution in [2.24, 2.45) is 0 Å². The monoisotopic (exact) mass is 428 g/mol. The van der Waals surface area contributed by atoms with Crippen LogP contribution in [0.25, 0.3) is 0 Å². The molecule has 0 aliphatic carbocycles. The molecule has 6 nitrogen and oxygen atoms in total. The molecule has 2 aliphatic rings. The molecule has 3 unspecified atom stereocenters. The van der Waals surface area contributed by atoms with Crippen LogP contribution in [0.2, 0.25) is 0 Å². The van der Waals surface area contributed by atoms with E-state index in [4.69, 9.17) is 15.9 Å². The SMILES string of the molecule is C#CCNC(=O)C1=C(C(=O)OC)C2(C(Cc3ccccc3)Nc3ccccc3)C=CC1O2. The second kappa shape index (κ2) is 9.13. The Bertz CT molecular complexity index is 1060. The first-order valence-corrected chi connectivity index (χ1v) is 10.4. The van der Waals surface area contributed by atoms with Crippen molar-refractivity contribution in [1.82, 2.24) is 5.32 Å². The molecule has 0 spiro atoms. The van der Waals surface area contributed by atoms with Gasteiger partial charge in [-0.05, 0) is 30.2 Å². The molecule has 1 amide bonds.